The predicted octanol–water partition coefficient (Wildman–Crippen LogP) is 3.77. The Balaban J connectivity index is 1.58. The molecule has 0 radical (unpaired) electrons. The van der Waals surface area contributed by atoms with E-state index in [0.717, 1.165) is 16.8 Å². The van der Waals surface area contributed by atoms with Crippen molar-refractivity contribution in [2.75, 3.05) is 6.54 Å². The first kappa shape index (κ1) is 17.5. The average Bonchev–Trinajstić information content (AvgIpc) is 3.22. The Labute approximate surface area is 153 Å². The van der Waals surface area contributed by atoms with Gasteiger partial charge < -0.3 is 14.8 Å². The van der Waals surface area contributed by atoms with Crippen molar-refractivity contribution in [1.29, 1.82) is 0 Å². The number of nitrogens with zero attached hydrogens (tertiary/aromatic N) is 3. The van der Waals surface area contributed by atoms with Crippen molar-refractivity contribution in [2.45, 2.75) is 13.1 Å². The van der Waals surface area contributed by atoms with E-state index in [1.54, 1.807) is 23.5 Å². The minimum atomic E-state index is -0.104. The minimum absolute atomic E-state index is 0.104. The molecular formula is C21H22N4O. The quantitative estimate of drug-likeness (QED) is 0.662. The molecule has 5 heteroatoms. The number of benzene rings is 2. The van der Waals surface area contributed by atoms with Crippen LogP contribution in [0.15, 0.2) is 86.0 Å². The van der Waals surface area contributed by atoms with Crippen LogP contribution in [-0.2, 0) is 13.1 Å². The van der Waals surface area contributed by atoms with E-state index in [9.17, 15) is 4.79 Å². The highest BCUT2D eigenvalue weighted by Gasteiger charge is 2.12. The van der Waals surface area contributed by atoms with E-state index in [-0.39, 0.29) is 6.03 Å². The summed E-state index contributed by atoms with van der Waals surface area (Å²) < 4.78 is 1.94. The molecule has 0 fully saturated rings. The molecule has 1 aromatic heterocycles. The SMILES string of the molecule is C=CCN(Cc1ccccc1)C(=O)NCc1ccc(-n2ccnc2)cc1. The molecule has 0 saturated heterocycles. The van der Waals surface area contributed by atoms with Gasteiger partial charge in [-0.05, 0) is 23.3 Å². The number of hydrogen-bond acceptors (Lipinski definition) is 2. The van der Waals surface area contributed by atoms with Crippen molar-refractivity contribution in [3.8, 4) is 5.69 Å². The zero-order chi connectivity index (χ0) is 18.2. The summed E-state index contributed by atoms with van der Waals surface area (Å²) in [4.78, 5) is 18.3. The molecule has 3 rings (SSSR count). The Morgan fingerprint density at radius 1 is 1.12 bits per heavy atom. The van der Waals surface area contributed by atoms with E-state index < -0.39 is 0 Å². The fourth-order valence-corrected chi connectivity index (χ4v) is 2.67. The number of hydrogen-bond donors (Lipinski definition) is 1. The number of nitrogens with one attached hydrogen (secondary N) is 1. The average molecular weight is 346 g/mol. The summed E-state index contributed by atoms with van der Waals surface area (Å²) in [7, 11) is 0. The molecular weight excluding hydrogens is 324 g/mol. The fourth-order valence-electron chi connectivity index (χ4n) is 2.67. The molecule has 0 atom stereocenters. The molecule has 1 N–H and O–H groups in total. The Morgan fingerprint density at radius 2 is 1.88 bits per heavy atom. The first-order valence-corrected chi connectivity index (χ1v) is 8.51. The lowest BCUT2D eigenvalue weighted by Gasteiger charge is -2.22. The highest BCUT2D eigenvalue weighted by molar-refractivity contribution is 5.74. The maximum Gasteiger partial charge on any atom is 0.318 e. The van der Waals surface area contributed by atoms with Gasteiger partial charge in [0.05, 0.1) is 6.33 Å². The van der Waals surface area contributed by atoms with Crippen molar-refractivity contribution in [1.82, 2.24) is 19.8 Å². The van der Waals surface area contributed by atoms with Crippen LogP contribution in [0, 0.1) is 0 Å². The number of aromatic nitrogens is 2. The van der Waals surface area contributed by atoms with Crippen molar-refractivity contribution in [3.63, 3.8) is 0 Å². The van der Waals surface area contributed by atoms with Crippen LogP contribution in [0.3, 0.4) is 0 Å². The summed E-state index contributed by atoms with van der Waals surface area (Å²) in [6, 6.07) is 17.9. The number of rotatable bonds is 7. The van der Waals surface area contributed by atoms with Gasteiger partial charge in [-0.25, -0.2) is 9.78 Å². The van der Waals surface area contributed by atoms with E-state index in [2.05, 4.69) is 16.9 Å². The Morgan fingerprint density at radius 3 is 2.54 bits per heavy atom. The van der Waals surface area contributed by atoms with Gasteiger partial charge in [0.2, 0.25) is 0 Å². The van der Waals surface area contributed by atoms with Crippen LogP contribution in [0.1, 0.15) is 11.1 Å². The zero-order valence-electron chi connectivity index (χ0n) is 14.6. The van der Waals surface area contributed by atoms with E-state index in [4.69, 9.17) is 0 Å². The van der Waals surface area contributed by atoms with Gasteiger partial charge in [-0.2, -0.15) is 0 Å². The van der Waals surface area contributed by atoms with Gasteiger partial charge in [0.1, 0.15) is 0 Å². The second-order valence-corrected chi connectivity index (χ2v) is 5.95. The third kappa shape index (κ3) is 4.60. The summed E-state index contributed by atoms with van der Waals surface area (Å²) in [5, 5.41) is 2.98. The molecule has 0 bridgehead atoms. The molecule has 1 heterocycles. The molecule has 26 heavy (non-hydrogen) atoms. The van der Waals surface area contributed by atoms with Gasteiger partial charge in [-0.15, -0.1) is 6.58 Å². The smallest absolute Gasteiger partial charge is 0.318 e. The van der Waals surface area contributed by atoms with Gasteiger partial charge in [0, 0.05) is 37.7 Å². The maximum atomic E-state index is 12.5. The highest BCUT2D eigenvalue weighted by Crippen LogP contribution is 2.10. The van der Waals surface area contributed by atoms with E-state index in [0.29, 0.717) is 19.6 Å². The first-order chi connectivity index (χ1) is 12.8. The fraction of sp³-hybridized carbons (Fsp3) is 0.143. The van der Waals surface area contributed by atoms with Gasteiger partial charge in [0.15, 0.2) is 0 Å². The van der Waals surface area contributed by atoms with E-state index in [1.807, 2.05) is 65.4 Å². The van der Waals surface area contributed by atoms with Gasteiger partial charge in [-0.1, -0.05) is 48.5 Å². The predicted molar refractivity (Wildman–Crippen MR) is 103 cm³/mol. The molecule has 5 nitrogen and oxygen atoms in total. The molecule has 0 aliphatic carbocycles. The Bertz CT molecular complexity index is 826. The first-order valence-electron chi connectivity index (χ1n) is 8.51. The second-order valence-electron chi connectivity index (χ2n) is 5.95. The molecule has 0 spiro atoms. The summed E-state index contributed by atoms with van der Waals surface area (Å²) in [5.74, 6) is 0. The lowest BCUT2D eigenvalue weighted by atomic mass is 10.2. The molecule has 0 aliphatic rings. The largest absolute Gasteiger partial charge is 0.334 e. The standard InChI is InChI=1S/C21H22N4O/c1-2-13-24(16-19-6-4-3-5-7-19)21(26)23-15-18-8-10-20(11-9-18)25-14-12-22-17-25/h2-12,14,17H,1,13,15-16H2,(H,23,26). The normalized spacial score (nSPS) is 10.3. The lowest BCUT2D eigenvalue weighted by molar-refractivity contribution is 0.200. The van der Waals surface area contributed by atoms with Gasteiger partial charge in [0.25, 0.3) is 0 Å². The van der Waals surface area contributed by atoms with Crippen LogP contribution in [-0.4, -0.2) is 27.0 Å². The highest BCUT2D eigenvalue weighted by atomic mass is 16.2. The third-order valence-electron chi connectivity index (χ3n) is 4.04. The number of urea groups is 1. The molecule has 2 aromatic carbocycles. The minimum Gasteiger partial charge on any atom is -0.334 e. The zero-order valence-corrected chi connectivity index (χ0v) is 14.6. The Kier molecular flexibility index (Phi) is 5.83. The van der Waals surface area contributed by atoms with Crippen molar-refractivity contribution in [3.05, 3.63) is 97.1 Å². The number of carbonyl (C=O) groups is 1. The molecule has 0 unspecified atom stereocenters. The number of carbonyl (C=O) groups excluding carboxylic acids is 1. The summed E-state index contributed by atoms with van der Waals surface area (Å²) in [5.41, 5.74) is 3.17. The monoisotopic (exact) mass is 346 g/mol. The molecule has 132 valence electrons. The van der Waals surface area contributed by atoms with E-state index >= 15 is 0 Å². The molecule has 3 aromatic rings. The summed E-state index contributed by atoms with van der Waals surface area (Å²) in [6.45, 7) is 5.28. The van der Waals surface area contributed by atoms with Crippen molar-refractivity contribution in [2.24, 2.45) is 0 Å². The number of imidazole rings is 1. The van der Waals surface area contributed by atoms with Crippen LogP contribution < -0.4 is 5.32 Å². The van der Waals surface area contributed by atoms with Crippen LogP contribution in [0.4, 0.5) is 4.79 Å². The third-order valence-corrected chi connectivity index (χ3v) is 4.04. The van der Waals surface area contributed by atoms with Crippen molar-refractivity contribution >= 4 is 6.03 Å². The topological polar surface area (TPSA) is 50.2 Å². The van der Waals surface area contributed by atoms with Crippen LogP contribution in [0.2, 0.25) is 0 Å². The molecule has 0 saturated carbocycles. The summed E-state index contributed by atoms with van der Waals surface area (Å²) in [6.07, 6.45) is 7.14. The maximum absolute atomic E-state index is 12.5. The lowest BCUT2D eigenvalue weighted by Crippen LogP contribution is -2.39. The summed E-state index contributed by atoms with van der Waals surface area (Å²) >= 11 is 0. The van der Waals surface area contributed by atoms with Gasteiger partial charge >= 0.3 is 6.03 Å². The van der Waals surface area contributed by atoms with Crippen molar-refractivity contribution < 1.29 is 4.79 Å². The van der Waals surface area contributed by atoms with E-state index in [1.165, 1.54) is 0 Å². The van der Waals surface area contributed by atoms with Crippen LogP contribution in [0.25, 0.3) is 5.69 Å². The molecule has 2 amide bonds. The van der Waals surface area contributed by atoms with Gasteiger partial charge in [-0.3, -0.25) is 0 Å². The molecule has 0 aliphatic heterocycles. The number of amides is 2. The second kappa shape index (κ2) is 8.67. The van der Waals surface area contributed by atoms with Crippen LogP contribution >= 0.6 is 0 Å². The van der Waals surface area contributed by atoms with Crippen LogP contribution in [0.5, 0.6) is 0 Å². The Hall–Kier alpha value is -3.34.